The number of aryl methyl sites for hydroxylation is 2. The Hall–Kier alpha value is -3.02. The first-order chi connectivity index (χ1) is 12.0. The molecule has 3 rings (SSSR count). The average Bonchev–Trinajstić information content (AvgIpc) is 2.95. The number of aromatic nitrogens is 2. The minimum atomic E-state index is -0.0223. The van der Waals surface area contributed by atoms with E-state index in [1.54, 1.807) is 7.11 Å². The van der Waals surface area contributed by atoms with Crippen LogP contribution < -0.4 is 15.8 Å². The Balaban J connectivity index is 1.94. The molecule has 6 nitrogen and oxygen atoms in total. The predicted molar refractivity (Wildman–Crippen MR) is 98.7 cm³/mol. The van der Waals surface area contributed by atoms with Crippen LogP contribution >= 0.6 is 0 Å². The number of pyridine rings is 1. The maximum atomic E-state index is 6.12. The van der Waals surface area contributed by atoms with Crippen LogP contribution in [0.3, 0.4) is 0 Å². The summed E-state index contributed by atoms with van der Waals surface area (Å²) in [5.74, 6) is 2.18. The Morgan fingerprint density at radius 1 is 1.16 bits per heavy atom. The lowest BCUT2D eigenvalue weighted by atomic mass is 10.1. The van der Waals surface area contributed by atoms with Gasteiger partial charge < -0.3 is 20.3 Å². The van der Waals surface area contributed by atoms with Crippen molar-refractivity contribution in [3.05, 3.63) is 53.4 Å². The van der Waals surface area contributed by atoms with Gasteiger partial charge >= 0.3 is 0 Å². The summed E-state index contributed by atoms with van der Waals surface area (Å²) < 4.78 is 10.7. The number of anilines is 2. The molecule has 3 aromatic rings. The van der Waals surface area contributed by atoms with Crippen molar-refractivity contribution in [3.8, 4) is 17.0 Å². The van der Waals surface area contributed by atoms with Crippen LogP contribution in [0.25, 0.3) is 11.3 Å². The van der Waals surface area contributed by atoms with E-state index in [2.05, 4.69) is 15.5 Å². The molecule has 0 aliphatic rings. The molecule has 2 aromatic heterocycles. The SMILES string of the molecule is COc1ccccc1C(C)Nc1nc(-c2c(C)noc2C)ccc1N. The van der Waals surface area contributed by atoms with Gasteiger partial charge in [-0.2, -0.15) is 0 Å². The number of hydrogen-bond donors (Lipinski definition) is 2. The minimum Gasteiger partial charge on any atom is -0.496 e. The molecule has 1 atom stereocenters. The first kappa shape index (κ1) is 16.8. The Morgan fingerprint density at radius 2 is 1.92 bits per heavy atom. The quantitative estimate of drug-likeness (QED) is 0.728. The standard InChI is InChI=1S/C19H22N4O2/c1-11(14-7-5-6-8-17(14)24-4)21-19-15(20)9-10-16(22-19)18-12(2)23-25-13(18)3/h5-11H,20H2,1-4H3,(H,21,22). The Bertz CT molecular complexity index is 869. The van der Waals surface area contributed by atoms with Gasteiger partial charge in [0.25, 0.3) is 0 Å². The fraction of sp³-hybridized carbons (Fsp3) is 0.263. The van der Waals surface area contributed by atoms with E-state index in [9.17, 15) is 0 Å². The van der Waals surface area contributed by atoms with Gasteiger partial charge in [0.15, 0.2) is 0 Å². The van der Waals surface area contributed by atoms with Crippen molar-refractivity contribution in [1.82, 2.24) is 10.1 Å². The van der Waals surface area contributed by atoms with E-state index < -0.39 is 0 Å². The molecule has 3 N–H and O–H groups in total. The number of benzene rings is 1. The molecule has 0 fully saturated rings. The van der Waals surface area contributed by atoms with Gasteiger partial charge in [-0.1, -0.05) is 23.4 Å². The van der Waals surface area contributed by atoms with E-state index in [0.717, 1.165) is 34.0 Å². The van der Waals surface area contributed by atoms with E-state index in [1.165, 1.54) is 0 Å². The number of nitrogens with one attached hydrogen (secondary N) is 1. The van der Waals surface area contributed by atoms with Crippen LogP contribution in [0.5, 0.6) is 5.75 Å². The number of ether oxygens (including phenoxy) is 1. The number of rotatable bonds is 5. The molecule has 0 saturated heterocycles. The van der Waals surface area contributed by atoms with Crippen LogP contribution in [0.4, 0.5) is 11.5 Å². The number of nitrogens with zero attached hydrogens (tertiary/aromatic N) is 2. The fourth-order valence-corrected chi connectivity index (χ4v) is 2.88. The molecule has 1 unspecified atom stereocenters. The summed E-state index contributed by atoms with van der Waals surface area (Å²) in [4.78, 5) is 4.68. The zero-order valence-corrected chi connectivity index (χ0v) is 14.8. The van der Waals surface area contributed by atoms with Crippen LogP contribution in [0.1, 0.15) is 30.0 Å². The zero-order valence-electron chi connectivity index (χ0n) is 14.8. The Labute approximate surface area is 147 Å². The number of nitrogen functional groups attached to an aromatic ring is 1. The molecule has 25 heavy (non-hydrogen) atoms. The number of nitrogens with two attached hydrogens (primary N) is 1. The van der Waals surface area contributed by atoms with Crippen molar-refractivity contribution in [2.75, 3.05) is 18.2 Å². The molecule has 0 aliphatic carbocycles. The van der Waals surface area contributed by atoms with E-state index in [4.69, 9.17) is 15.0 Å². The molecular weight excluding hydrogens is 316 g/mol. The van der Waals surface area contributed by atoms with Crippen molar-refractivity contribution in [2.24, 2.45) is 0 Å². The molecule has 1 aromatic carbocycles. The second-order valence-corrected chi connectivity index (χ2v) is 5.94. The average molecular weight is 338 g/mol. The van der Waals surface area contributed by atoms with Crippen LogP contribution in [0.2, 0.25) is 0 Å². The third-order valence-electron chi connectivity index (χ3n) is 4.17. The highest BCUT2D eigenvalue weighted by Crippen LogP contribution is 2.31. The van der Waals surface area contributed by atoms with Gasteiger partial charge in [0.2, 0.25) is 0 Å². The summed E-state index contributed by atoms with van der Waals surface area (Å²) in [5, 5.41) is 7.37. The van der Waals surface area contributed by atoms with Gasteiger partial charge in [-0.15, -0.1) is 0 Å². The summed E-state index contributed by atoms with van der Waals surface area (Å²) >= 11 is 0. The molecule has 0 spiro atoms. The Kier molecular flexibility index (Phi) is 4.61. The topological polar surface area (TPSA) is 86.2 Å². The van der Waals surface area contributed by atoms with Crippen LogP contribution in [-0.4, -0.2) is 17.3 Å². The summed E-state index contributed by atoms with van der Waals surface area (Å²) in [7, 11) is 1.66. The zero-order chi connectivity index (χ0) is 18.0. The fourth-order valence-electron chi connectivity index (χ4n) is 2.88. The largest absolute Gasteiger partial charge is 0.496 e. The normalized spacial score (nSPS) is 12.0. The van der Waals surface area contributed by atoms with Gasteiger partial charge in [0, 0.05) is 5.56 Å². The highest BCUT2D eigenvalue weighted by atomic mass is 16.5. The number of methoxy groups -OCH3 is 1. The van der Waals surface area contributed by atoms with Crippen molar-refractivity contribution >= 4 is 11.5 Å². The second-order valence-electron chi connectivity index (χ2n) is 5.94. The predicted octanol–water partition coefficient (Wildman–Crippen LogP) is 4.12. The molecule has 2 heterocycles. The van der Waals surface area contributed by atoms with Gasteiger partial charge in [-0.3, -0.25) is 0 Å². The molecule has 130 valence electrons. The molecule has 0 aliphatic heterocycles. The van der Waals surface area contributed by atoms with E-state index >= 15 is 0 Å². The Morgan fingerprint density at radius 3 is 2.60 bits per heavy atom. The summed E-state index contributed by atoms with van der Waals surface area (Å²) in [6, 6.07) is 11.6. The molecule has 0 amide bonds. The molecule has 0 saturated carbocycles. The van der Waals surface area contributed by atoms with E-state index in [1.807, 2.05) is 57.2 Å². The first-order valence-corrected chi connectivity index (χ1v) is 8.10. The third-order valence-corrected chi connectivity index (χ3v) is 4.17. The molecular formula is C19H22N4O2. The van der Waals surface area contributed by atoms with Crippen molar-refractivity contribution in [1.29, 1.82) is 0 Å². The minimum absolute atomic E-state index is 0.0223. The van der Waals surface area contributed by atoms with Crippen molar-refractivity contribution in [3.63, 3.8) is 0 Å². The van der Waals surface area contributed by atoms with Gasteiger partial charge in [0.05, 0.1) is 35.8 Å². The second kappa shape index (κ2) is 6.84. The van der Waals surface area contributed by atoms with Gasteiger partial charge in [0.1, 0.15) is 17.3 Å². The lowest BCUT2D eigenvalue weighted by molar-refractivity contribution is 0.393. The van der Waals surface area contributed by atoms with Crippen LogP contribution in [-0.2, 0) is 0 Å². The smallest absolute Gasteiger partial charge is 0.150 e. The van der Waals surface area contributed by atoms with Crippen molar-refractivity contribution < 1.29 is 9.26 Å². The van der Waals surface area contributed by atoms with Crippen LogP contribution in [0, 0.1) is 13.8 Å². The lowest BCUT2D eigenvalue weighted by Gasteiger charge is -2.19. The molecule has 0 radical (unpaired) electrons. The van der Waals surface area contributed by atoms with E-state index in [-0.39, 0.29) is 6.04 Å². The number of hydrogen-bond acceptors (Lipinski definition) is 6. The van der Waals surface area contributed by atoms with Gasteiger partial charge in [-0.05, 0) is 39.0 Å². The third kappa shape index (κ3) is 3.28. The monoisotopic (exact) mass is 338 g/mol. The van der Waals surface area contributed by atoms with Crippen molar-refractivity contribution in [2.45, 2.75) is 26.8 Å². The maximum Gasteiger partial charge on any atom is 0.150 e. The summed E-state index contributed by atoms with van der Waals surface area (Å²) in [6.07, 6.45) is 0. The maximum absolute atomic E-state index is 6.12. The van der Waals surface area contributed by atoms with Gasteiger partial charge in [-0.25, -0.2) is 4.98 Å². The highest BCUT2D eigenvalue weighted by molar-refractivity contribution is 5.71. The lowest BCUT2D eigenvalue weighted by Crippen LogP contribution is -2.11. The summed E-state index contributed by atoms with van der Waals surface area (Å²) in [5.41, 5.74) is 10.2. The first-order valence-electron chi connectivity index (χ1n) is 8.10. The van der Waals surface area contributed by atoms with Crippen LogP contribution in [0.15, 0.2) is 40.9 Å². The number of para-hydroxylation sites is 1. The molecule has 0 bridgehead atoms. The summed E-state index contributed by atoms with van der Waals surface area (Å²) in [6.45, 7) is 5.81. The van der Waals surface area contributed by atoms with E-state index in [0.29, 0.717) is 11.5 Å². The highest BCUT2D eigenvalue weighted by Gasteiger charge is 2.16. The molecule has 6 heteroatoms.